The number of nitrogens with zero attached hydrogens (tertiary/aromatic N) is 2. The minimum atomic E-state index is -0.466. The number of anilines is 1. The minimum absolute atomic E-state index is 0.0130. The summed E-state index contributed by atoms with van der Waals surface area (Å²) in [6, 6.07) is 9.47. The van der Waals surface area contributed by atoms with E-state index in [0.717, 1.165) is 0 Å². The molecule has 0 heterocycles. The highest BCUT2D eigenvalue weighted by Crippen LogP contribution is 2.36. The van der Waals surface area contributed by atoms with Crippen LogP contribution in [0.4, 0.5) is 11.4 Å². The molecule has 126 valence electrons. The van der Waals surface area contributed by atoms with E-state index in [4.69, 9.17) is 21.1 Å². The third-order valence-electron chi connectivity index (χ3n) is 3.00. The van der Waals surface area contributed by atoms with Crippen LogP contribution in [0.15, 0.2) is 41.5 Å². The van der Waals surface area contributed by atoms with Crippen LogP contribution < -0.4 is 14.9 Å². The van der Waals surface area contributed by atoms with Crippen molar-refractivity contribution in [2.24, 2.45) is 5.10 Å². The number of hydrazone groups is 1. The van der Waals surface area contributed by atoms with Crippen LogP contribution in [0.25, 0.3) is 0 Å². The largest absolute Gasteiger partial charge is 0.493 e. The van der Waals surface area contributed by atoms with Crippen molar-refractivity contribution in [1.82, 2.24) is 0 Å². The zero-order valence-electron chi connectivity index (χ0n) is 13.2. The molecule has 1 N–H and O–H groups in total. The van der Waals surface area contributed by atoms with Crippen molar-refractivity contribution in [3.63, 3.8) is 0 Å². The maximum absolute atomic E-state index is 10.7. The molecule has 0 radical (unpaired) electrons. The summed E-state index contributed by atoms with van der Waals surface area (Å²) in [5, 5.41) is 15.2. The zero-order valence-corrected chi connectivity index (χ0v) is 13.9. The van der Waals surface area contributed by atoms with Gasteiger partial charge >= 0.3 is 0 Å². The number of hydrogen-bond acceptors (Lipinski definition) is 6. The van der Waals surface area contributed by atoms with Gasteiger partial charge in [-0.3, -0.25) is 15.5 Å². The molecule has 24 heavy (non-hydrogen) atoms. The summed E-state index contributed by atoms with van der Waals surface area (Å²) in [6.07, 6.45) is 1.53. The van der Waals surface area contributed by atoms with E-state index in [9.17, 15) is 10.1 Å². The van der Waals surface area contributed by atoms with Gasteiger partial charge in [-0.2, -0.15) is 5.10 Å². The molecule has 2 aromatic rings. The summed E-state index contributed by atoms with van der Waals surface area (Å²) in [5.41, 5.74) is 3.92. The quantitative estimate of drug-likeness (QED) is 0.462. The van der Waals surface area contributed by atoms with Crippen LogP contribution in [0, 0.1) is 10.1 Å². The molecule has 8 heteroatoms. The van der Waals surface area contributed by atoms with Gasteiger partial charge in [0.15, 0.2) is 11.5 Å². The number of nitro groups is 1. The monoisotopic (exact) mass is 349 g/mol. The van der Waals surface area contributed by atoms with E-state index in [2.05, 4.69) is 10.5 Å². The Hall–Kier alpha value is -2.80. The summed E-state index contributed by atoms with van der Waals surface area (Å²) in [7, 11) is 1.52. The average Bonchev–Trinajstić information content (AvgIpc) is 2.57. The van der Waals surface area contributed by atoms with Gasteiger partial charge < -0.3 is 9.47 Å². The first-order valence-electron chi connectivity index (χ1n) is 7.09. The average molecular weight is 350 g/mol. The molecule has 0 spiro atoms. The lowest BCUT2D eigenvalue weighted by molar-refractivity contribution is -0.384. The van der Waals surface area contributed by atoms with E-state index in [-0.39, 0.29) is 5.69 Å². The summed E-state index contributed by atoms with van der Waals surface area (Å²) in [6.45, 7) is 2.33. The molecule has 0 fully saturated rings. The molecule has 0 aliphatic rings. The molecule has 0 aliphatic heterocycles. The second kappa shape index (κ2) is 8.16. The Balaban J connectivity index is 2.16. The molecule has 2 rings (SSSR count). The van der Waals surface area contributed by atoms with E-state index < -0.39 is 4.92 Å². The van der Waals surface area contributed by atoms with Gasteiger partial charge in [-0.25, -0.2) is 0 Å². The number of methoxy groups -OCH3 is 1. The Bertz CT molecular complexity index is 765. The number of ether oxygens (including phenoxy) is 2. The number of nitrogens with one attached hydrogen (secondary N) is 1. The molecule has 0 atom stereocenters. The third kappa shape index (κ3) is 4.36. The highest BCUT2D eigenvalue weighted by atomic mass is 35.5. The standard InChI is InChI=1S/C16H16ClN3O4/c1-3-24-16-14(17)7-11(8-15(16)23-2)10-18-19-12-5-4-6-13(9-12)20(21)22/h4-10,19H,3H2,1-2H3/b18-10-. The van der Waals surface area contributed by atoms with E-state index in [1.54, 1.807) is 24.3 Å². The van der Waals surface area contributed by atoms with Gasteiger partial charge in [0.2, 0.25) is 0 Å². The summed E-state index contributed by atoms with van der Waals surface area (Å²) >= 11 is 6.18. The maximum atomic E-state index is 10.7. The first-order chi connectivity index (χ1) is 11.5. The minimum Gasteiger partial charge on any atom is -0.493 e. The maximum Gasteiger partial charge on any atom is 0.271 e. The Labute approximate surface area is 144 Å². The van der Waals surface area contributed by atoms with Gasteiger partial charge in [0, 0.05) is 12.1 Å². The lowest BCUT2D eigenvalue weighted by atomic mass is 10.2. The number of hydrogen-bond donors (Lipinski definition) is 1. The van der Waals surface area contributed by atoms with Crippen LogP contribution >= 0.6 is 11.6 Å². The molecule has 0 bridgehead atoms. The van der Waals surface area contributed by atoms with Crippen LogP contribution in [-0.4, -0.2) is 24.9 Å². The Kier molecular flexibility index (Phi) is 5.97. The first-order valence-corrected chi connectivity index (χ1v) is 7.46. The molecule has 0 unspecified atom stereocenters. The number of rotatable bonds is 7. The summed E-state index contributed by atoms with van der Waals surface area (Å²) in [4.78, 5) is 10.3. The predicted octanol–water partition coefficient (Wildman–Crippen LogP) is 4.10. The highest BCUT2D eigenvalue weighted by molar-refractivity contribution is 6.32. The lowest BCUT2D eigenvalue weighted by Gasteiger charge is -2.11. The van der Waals surface area contributed by atoms with Crippen LogP contribution in [0.1, 0.15) is 12.5 Å². The fraction of sp³-hybridized carbons (Fsp3) is 0.188. The molecule has 0 aliphatic carbocycles. The molecular formula is C16H16ClN3O4. The second-order valence-electron chi connectivity index (χ2n) is 4.64. The van der Waals surface area contributed by atoms with Gasteiger partial charge in [0.25, 0.3) is 5.69 Å². The van der Waals surface area contributed by atoms with E-state index in [0.29, 0.717) is 34.4 Å². The first kappa shape index (κ1) is 17.6. The zero-order chi connectivity index (χ0) is 17.5. The van der Waals surface area contributed by atoms with Crippen LogP contribution in [0.5, 0.6) is 11.5 Å². The molecular weight excluding hydrogens is 334 g/mol. The van der Waals surface area contributed by atoms with Crippen molar-refractivity contribution in [3.8, 4) is 11.5 Å². The van der Waals surface area contributed by atoms with Gasteiger partial charge in [0.1, 0.15) is 0 Å². The fourth-order valence-corrected chi connectivity index (χ4v) is 2.24. The van der Waals surface area contributed by atoms with Crippen LogP contribution in [0.2, 0.25) is 5.02 Å². The van der Waals surface area contributed by atoms with Crippen molar-refractivity contribution in [3.05, 3.63) is 57.1 Å². The second-order valence-corrected chi connectivity index (χ2v) is 5.05. The molecule has 0 amide bonds. The smallest absolute Gasteiger partial charge is 0.271 e. The highest BCUT2D eigenvalue weighted by Gasteiger charge is 2.11. The molecule has 0 aromatic heterocycles. The molecule has 0 saturated carbocycles. The summed E-state index contributed by atoms with van der Waals surface area (Å²) in [5.74, 6) is 0.978. The van der Waals surface area contributed by atoms with E-state index >= 15 is 0 Å². The summed E-state index contributed by atoms with van der Waals surface area (Å²) < 4.78 is 10.7. The van der Waals surface area contributed by atoms with Crippen LogP contribution in [0.3, 0.4) is 0 Å². The molecule has 2 aromatic carbocycles. The van der Waals surface area contributed by atoms with Crippen molar-refractivity contribution >= 4 is 29.2 Å². The van der Waals surface area contributed by atoms with Gasteiger partial charge in [-0.1, -0.05) is 17.7 Å². The molecule has 0 saturated heterocycles. The fourth-order valence-electron chi connectivity index (χ4n) is 1.97. The molecule has 7 nitrogen and oxygen atoms in total. The van der Waals surface area contributed by atoms with Gasteiger partial charge in [-0.15, -0.1) is 0 Å². The topological polar surface area (TPSA) is 86.0 Å². The Morgan fingerprint density at radius 3 is 2.83 bits per heavy atom. The third-order valence-corrected chi connectivity index (χ3v) is 3.29. The predicted molar refractivity (Wildman–Crippen MR) is 93.5 cm³/mol. The van der Waals surface area contributed by atoms with E-state index in [1.807, 2.05) is 6.92 Å². The van der Waals surface area contributed by atoms with E-state index in [1.165, 1.54) is 25.5 Å². The van der Waals surface area contributed by atoms with Crippen molar-refractivity contribution in [2.45, 2.75) is 6.92 Å². The van der Waals surface area contributed by atoms with Gasteiger partial charge in [-0.05, 0) is 30.7 Å². The number of halogens is 1. The Morgan fingerprint density at radius 2 is 2.17 bits per heavy atom. The number of non-ortho nitro benzene ring substituents is 1. The van der Waals surface area contributed by atoms with Crippen molar-refractivity contribution < 1.29 is 14.4 Å². The SMILES string of the molecule is CCOc1c(Cl)cc(/C=N\Nc2cccc([N+](=O)[O-])c2)cc1OC. The van der Waals surface area contributed by atoms with Crippen molar-refractivity contribution in [1.29, 1.82) is 0 Å². The van der Waals surface area contributed by atoms with Crippen molar-refractivity contribution in [2.75, 3.05) is 19.1 Å². The Morgan fingerprint density at radius 1 is 1.38 bits per heavy atom. The normalized spacial score (nSPS) is 10.6. The number of benzene rings is 2. The van der Waals surface area contributed by atoms with Gasteiger partial charge in [0.05, 0.1) is 35.6 Å². The van der Waals surface area contributed by atoms with Crippen LogP contribution in [-0.2, 0) is 0 Å². The number of nitro benzene ring substituents is 1. The lowest BCUT2D eigenvalue weighted by Crippen LogP contribution is -1.98.